The van der Waals surface area contributed by atoms with Gasteiger partial charge in [0.05, 0.1) is 24.2 Å². The smallest absolute Gasteiger partial charge is 0.251 e. The first kappa shape index (κ1) is 20.0. The summed E-state index contributed by atoms with van der Waals surface area (Å²) in [5.41, 5.74) is 3.54. The van der Waals surface area contributed by atoms with Gasteiger partial charge in [0.2, 0.25) is 0 Å². The standard InChI is InChI=1S/C24H22ClN3O2/c1-16(26-24(29)18-10-12-20(30-2)13-11-18)23-27-21-8-3-4-9-22(21)28(23)15-17-6-5-7-19(25)14-17/h3-14,16H,15H2,1-2H3,(H,26,29)/t16-/m0/s1. The first-order valence-corrected chi connectivity index (χ1v) is 10.1. The Balaban J connectivity index is 1.64. The molecule has 30 heavy (non-hydrogen) atoms. The molecule has 5 nitrogen and oxygen atoms in total. The Morgan fingerprint density at radius 1 is 1.10 bits per heavy atom. The number of methoxy groups -OCH3 is 1. The number of para-hydroxylation sites is 2. The van der Waals surface area contributed by atoms with Crippen LogP contribution in [0.15, 0.2) is 72.8 Å². The van der Waals surface area contributed by atoms with E-state index in [1.54, 1.807) is 31.4 Å². The van der Waals surface area contributed by atoms with Crippen LogP contribution in [0, 0.1) is 0 Å². The number of carbonyl (C=O) groups excluding carboxylic acids is 1. The van der Waals surface area contributed by atoms with Crippen LogP contribution < -0.4 is 10.1 Å². The summed E-state index contributed by atoms with van der Waals surface area (Å²) in [6.07, 6.45) is 0. The highest BCUT2D eigenvalue weighted by molar-refractivity contribution is 6.30. The van der Waals surface area contributed by atoms with Crippen molar-refractivity contribution in [1.29, 1.82) is 0 Å². The van der Waals surface area contributed by atoms with Crippen LogP contribution in [-0.2, 0) is 6.54 Å². The molecular weight excluding hydrogens is 398 g/mol. The first-order valence-electron chi connectivity index (χ1n) is 9.69. The SMILES string of the molecule is COc1ccc(C(=O)N[C@@H](C)c2nc3ccccc3n2Cc2cccc(Cl)c2)cc1. The normalized spacial score (nSPS) is 12.0. The number of aromatic nitrogens is 2. The topological polar surface area (TPSA) is 56.1 Å². The van der Waals surface area contributed by atoms with Crippen molar-refractivity contribution in [2.75, 3.05) is 7.11 Å². The minimum absolute atomic E-state index is 0.161. The van der Waals surface area contributed by atoms with Crippen molar-refractivity contribution in [3.05, 3.63) is 94.8 Å². The average molecular weight is 420 g/mol. The predicted molar refractivity (Wildman–Crippen MR) is 119 cm³/mol. The summed E-state index contributed by atoms with van der Waals surface area (Å²) in [5.74, 6) is 1.34. The van der Waals surface area contributed by atoms with Gasteiger partial charge in [0.25, 0.3) is 5.91 Å². The van der Waals surface area contributed by atoms with Crippen LogP contribution in [0.3, 0.4) is 0 Å². The number of carbonyl (C=O) groups is 1. The molecule has 0 unspecified atom stereocenters. The van der Waals surface area contributed by atoms with Gasteiger partial charge in [0.1, 0.15) is 11.6 Å². The summed E-state index contributed by atoms with van der Waals surface area (Å²) in [7, 11) is 1.60. The predicted octanol–water partition coefficient (Wildman–Crippen LogP) is 5.24. The highest BCUT2D eigenvalue weighted by Crippen LogP contribution is 2.23. The number of nitrogens with zero attached hydrogens (tertiary/aromatic N) is 2. The Morgan fingerprint density at radius 2 is 1.87 bits per heavy atom. The molecule has 4 aromatic rings. The zero-order valence-corrected chi connectivity index (χ0v) is 17.6. The van der Waals surface area contributed by atoms with Gasteiger partial charge in [-0.1, -0.05) is 35.9 Å². The van der Waals surface area contributed by atoms with Gasteiger partial charge in [-0.25, -0.2) is 4.98 Å². The highest BCUT2D eigenvalue weighted by Gasteiger charge is 2.19. The third-order valence-electron chi connectivity index (χ3n) is 5.00. The summed E-state index contributed by atoms with van der Waals surface area (Å²) < 4.78 is 7.28. The van der Waals surface area contributed by atoms with E-state index in [2.05, 4.69) is 9.88 Å². The molecule has 6 heteroatoms. The molecule has 0 aliphatic rings. The molecule has 0 fully saturated rings. The Labute approximate surface area is 180 Å². The molecule has 1 N–H and O–H groups in total. The van der Waals surface area contributed by atoms with Crippen molar-refractivity contribution in [3.63, 3.8) is 0 Å². The Kier molecular flexibility index (Phi) is 5.72. The molecule has 152 valence electrons. The molecule has 0 saturated heterocycles. The molecule has 1 amide bonds. The van der Waals surface area contributed by atoms with E-state index in [-0.39, 0.29) is 11.9 Å². The van der Waals surface area contributed by atoms with Crippen LogP contribution >= 0.6 is 11.6 Å². The quantitative estimate of drug-likeness (QED) is 0.465. The van der Waals surface area contributed by atoms with E-state index in [1.807, 2.05) is 55.5 Å². The molecule has 1 aromatic heterocycles. The number of ether oxygens (including phenoxy) is 1. The fraction of sp³-hybridized carbons (Fsp3) is 0.167. The summed E-state index contributed by atoms with van der Waals surface area (Å²) in [4.78, 5) is 17.6. The summed E-state index contributed by atoms with van der Waals surface area (Å²) >= 11 is 6.17. The van der Waals surface area contributed by atoms with Crippen molar-refractivity contribution < 1.29 is 9.53 Å². The lowest BCUT2D eigenvalue weighted by Crippen LogP contribution is -2.28. The molecule has 0 radical (unpaired) electrons. The molecule has 0 bridgehead atoms. The van der Waals surface area contributed by atoms with Crippen LogP contribution in [0.4, 0.5) is 0 Å². The van der Waals surface area contributed by atoms with Crippen molar-refractivity contribution in [1.82, 2.24) is 14.9 Å². The molecule has 0 aliphatic heterocycles. The molecule has 1 heterocycles. The maximum absolute atomic E-state index is 12.8. The minimum atomic E-state index is -0.286. The number of hydrogen-bond donors (Lipinski definition) is 1. The summed E-state index contributed by atoms with van der Waals surface area (Å²) in [6.45, 7) is 2.55. The van der Waals surface area contributed by atoms with Crippen LogP contribution in [0.2, 0.25) is 5.02 Å². The van der Waals surface area contributed by atoms with Gasteiger partial charge in [-0.05, 0) is 61.0 Å². The lowest BCUT2D eigenvalue weighted by Gasteiger charge is -2.17. The average Bonchev–Trinajstić information content (AvgIpc) is 3.12. The van der Waals surface area contributed by atoms with Gasteiger partial charge in [-0.3, -0.25) is 4.79 Å². The minimum Gasteiger partial charge on any atom is -0.497 e. The van der Waals surface area contributed by atoms with Crippen molar-refractivity contribution >= 4 is 28.5 Å². The van der Waals surface area contributed by atoms with E-state index < -0.39 is 0 Å². The van der Waals surface area contributed by atoms with Gasteiger partial charge in [0, 0.05) is 17.1 Å². The largest absolute Gasteiger partial charge is 0.497 e. The number of rotatable bonds is 6. The maximum atomic E-state index is 12.8. The van der Waals surface area contributed by atoms with Gasteiger partial charge < -0.3 is 14.6 Å². The number of amides is 1. The highest BCUT2D eigenvalue weighted by atomic mass is 35.5. The van der Waals surface area contributed by atoms with E-state index in [0.29, 0.717) is 22.9 Å². The fourth-order valence-electron chi connectivity index (χ4n) is 3.50. The molecule has 4 rings (SSSR count). The number of nitrogens with one attached hydrogen (secondary N) is 1. The van der Waals surface area contributed by atoms with Crippen LogP contribution in [0.25, 0.3) is 11.0 Å². The van der Waals surface area contributed by atoms with E-state index in [0.717, 1.165) is 22.4 Å². The van der Waals surface area contributed by atoms with Gasteiger partial charge in [-0.15, -0.1) is 0 Å². The second-order valence-corrected chi connectivity index (χ2v) is 7.53. The Bertz CT molecular complexity index is 1180. The van der Waals surface area contributed by atoms with Crippen molar-refractivity contribution in [3.8, 4) is 5.75 Å². The lowest BCUT2D eigenvalue weighted by atomic mass is 10.2. The van der Waals surface area contributed by atoms with Gasteiger partial charge in [-0.2, -0.15) is 0 Å². The van der Waals surface area contributed by atoms with Crippen LogP contribution in [0.5, 0.6) is 5.75 Å². The van der Waals surface area contributed by atoms with Crippen LogP contribution in [0.1, 0.15) is 34.7 Å². The second-order valence-electron chi connectivity index (χ2n) is 7.10. The Hall–Kier alpha value is -3.31. The van der Waals surface area contributed by atoms with Gasteiger partial charge in [0.15, 0.2) is 0 Å². The molecule has 0 saturated carbocycles. The lowest BCUT2D eigenvalue weighted by molar-refractivity contribution is 0.0937. The molecule has 1 atom stereocenters. The third kappa shape index (κ3) is 4.16. The second kappa shape index (κ2) is 8.59. The molecule has 0 aliphatic carbocycles. The zero-order chi connectivity index (χ0) is 21.1. The molecule has 3 aromatic carbocycles. The van der Waals surface area contributed by atoms with Crippen LogP contribution in [-0.4, -0.2) is 22.6 Å². The van der Waals surface area contributed by atoms with E-state index in [1.165, 1.54) is 0 Å². The first-order chi connectivity index (χ1) is 14.5. The molecular formula is C24H22ClN3O2. The summed E-state index contributed by atoms with van der Waals surface area (Å²) in [6, 6.07) is 22.5. The third-order valence-corrected chi connectivity index (χ3v) is 5.24. The van der Waals surface area contributed by atoms with Crippen molar-refractivity contribution in [2.45, 2.75) is 19.5 Å². The zero-order valence-electron chi connectivity index (χ0n) is 16.8. The van der Waals surface area contributed by atoms with E-state index >= 15 is 0 Å². The van der Waals surface area contributed by atoms with Crippen molar-refractivity contribution in [2.24, 2.45) is 0 Å². The van der Waals surface area contributed by atoms with E-state index in [4.69, 9.17) is 21.3 Å². The maximum Gasteiger partial charge on any atom is 0.251 e. The number of benzene rings is 3. The Morgan fingerprint density at radius 3 is 2.60 bits per heavy atom. The fourth-order valence-corrected chi connectivity index (χ4v) is 3.71. The number of halogens is 1. The molecule has 0 spiro atoms. The monoisotopic (exact) mass is 419 g/mol. The van der Waals surface area contributed by atoms with Gasteiger partial charge >= 0.3 is 0 Å². The number of hydrogen-bond acceptors (Lipinski definition) is 3. The van der Waals surface area contributed by atoms with E-state index in [9.17, 15) is 4.79 Å². The number of fused-ring (bicyclic) bond motifs is 1. The number of imidazole rings is 1. The summed E-state index contributed by atoms with van der Waals surface area (Å²) in [5, 5.41) is 3.75.